The van der Waals surface area contributed by atoms with Crippen LogP contribution in [0.1, 0.15) is 18.6 Å². The number of ether oxygens (including phenoxy) is 2. The summed E-state index contributed by atoms with van der Waals surface area (Å²) in [5, 5.41) is 0. The Kier molecular flexibility index (Phi) is 3.83. The van der Waals surface area contributed by atoms with E-state index in [9.17, 15) is 0 Å². The van der Waals surface area contributed by atoms with Crippen molar-refractivity contribution in [2.75, 3.05) is 13.2 Å². The molecule has 1 saturated heterocycles. The lowest BCUT2D eigenvalue weighted by Crippen LogP contribution is -2.51. The smallest absolute Gasteiger partial charge is 0.213 e. The normalized spacial score (nSPS) is 28.5. The summed E-state index contributed by atoms with van der Waals surface area (Å²) in [6.45, 7) is 2.52. The molecule has 0 bridgehead atoms. The van der Waals surface area contributed by atoms with Gasteiger partial charge in [-0.15, -0.1) is 0 Å². The standard InChI is InChI=1S/C17H20N2O3/c1-2-8-18-16(5-1)22-15-7-6-14-17(15)21-11-9-19(14)12-13-4-3-10-20-13/h1-5,8,10,14-15,17H,6-7,9,11-12H2/t14-,15-,17+/m1/s1. The molecule has 2 aliphatic rings. The van der Waals surface area contributed by atoms with Crippen molar-refractivity contribution in [2.24, 2.45) is 0 Å². The Bertz CT molecular complexity index is 587. The van der Waals surface area contributed by atoms with Crippen molar-refractivity contribution < 1.29 is 13.9 Å². The van der Waals surface area contributed by atoms with Crippen molar-refractivity contribution >= 4 is 0 Å². The van der Waals surface area contributed by atoms with Crippen LogP contribution >= 0.6 is 0 Å². The molecule has 22 heavy (non-hydrogen) atoms. The van der Waals surface area contributed by atoms with Crippen molar-refractivity contribution in [2.45, 2.75) is 37.6 Å². The fourth-order valence-electron chi connectivity index (χ4n) is 3.49. The van der Waals surface area contributed by atoms with Crippen molar-refractivity contribution in [3.63, 3.8) is 0 Å². The fourth-order valence-corrected chi connectivity index (χ4v) is 3.49. The van der Waals surface area contributed by atoms with Crippen LogP contribution < -0.4 is 4.74 Å². The van der Waals surface area contributed by atoms with Gasteiger partial charge in [-0.05, 0) is 31.0 Å². The van der Waals surface area contributed by atoms with Gasteiger partial charge in [-0.2, -0.15) is 0 Å². The summed E-state index contributed by atoms with van der Waals surface area (Å²) >= 11 is 0. The second-order valence-electron chi connectivity index (χ2n) is 5.85. The maximum atomic E-state index is 6.04. The van der Waals surface area contributed by atoms with Crippen molar-refractivity contribution in [3.05, 3.63) is 48.6 Å². The van der Waals surface area contributed by atoms with E-state index >= 15 is 0 Å². The van der Waals surface area contributed by atoms with E-state index < -0.39 is 0 Å². The van der Waals surface area contributed by atoms with Crippen LogP contribution in [0.5, 0.6) is 5.88 Å². The molecule has 1 aliphatic carbocycles. The van der Waals surface area contributed by atoms with Gasteiger partial charge in [-0.25, -0.2) is 4.98 Å². The first-order valence-electron chi connectivity index (χ1n) is 7.86. The first kappa shape index (κ1) is 13.8. The number of furan rings is 1. The Morgan fingerprint density at radius 2 is 2.23 bits per heavy atom. The van der Waals surface area contributed by atoms with Gasteiger partial charge in [0.05, 0.1) is 19.4 Å². The first-order valence-corrected chi connectivity index (χ1v) is 7.86. The molecule has 0 unspecified atom stereocenters. The van der Waals surface area contributed by atoms with E-state index in [1.165, 1.54) is 0 Å². The molecule has 0 N–H and O–H groups in total. The maximum absolute atomic E-state index is 6.04. The predicted octanol–water partition coefficient (Wildman–Crippen LogP) is 2.49. The number of aromatic nitrogens is 1. The Labute approximate surface area is 129 Å². The molecule has 2 aromatic rings. The molecule has 116 valence electrons. The van der Waals surface area contributed by atoms with E-state index in [-0.39, 0.29) is 12.2 Å². The molecular weight excluding hydrogens is 280 g/mol. The molecule has 2 aromatic heterocycles. The van der Waals surface area contributed by atoms with Gasteiger partial charge in [0.15, 0.2) is 0 Å². The number of pyridine rings is 1. The quantitative estimate of drug-likeness (QED) is 0.868. The van der Waals surface area contributed by atoms with Gasteiger partial charge < -0.3 is 13.9 Å². The van der Waals surface area contributed by atoms with E-state index in [1.807, 2.05) is 30.3 Å². The number of nitrogens with zero attached hydrogens (tertiary/aromatic N) is 2. The lowest BCUT2D eigenvalue weighted by atomic mass is 10.1. The minimum atomic E-state index is 0.0827. The lowest BCUT2D eigenvalue weighted by molar-refractivity contribution is -0.0934. The van der Waals surface area contributed by atoms with Crippen LogP contribution in [0.3, 0.4) is 0 Å². The topological polar surface area (TPSA) is 47.7 Å². The van der Waals surface area contributed by atoms with E-state index in [1.54, 1.807) is 12.5 Å². The number of morpholine rings is 1. The molecule has 0 aromatic carbocycles. The zero-order valence-electron chi connectivity index (χ0n) is 12.4. The molecule has 4 rings (SSSR count). The molecule has 0 amide bonds. The van der Waals surface area contributed by atoms with Crippen molar-refractivity contribution in [3.8, 4) is 5.88 Å². The highest BCUT2D eigenvalue weighted by Gasteiger charge is 2.44. The van der Waals surface area contributed by atoms with E-state index in [4.69, 9.17) is 13.9 Å². The van der Waals surface area contributed by atoms with Crippen LogP contribution in [0.15, 0.2) is 47.2 Å². The van der Waals surface area contributed by atoms with Gasteiger partial charge in [0, 0.05) is 24.8 Å². The van der Waals surface area contributed by atoms with Crippen LogP contribution in [0.2, 0.25) is 0 Å². The average molecular weight is 300 g/mol. The average Bonchev–Trinajstić information content (AvgIpc) is 3.19. The molecule has 3 atom stereocenters. The number of hydrogen-bond acceptors (Lipinski definition) is 5. The van der Waals surface area contributed by atoms with E-state index in [2.05, 4.69) is 9.88 Å². The first-order chi connectivity index (χ1) is 10.9. The zero-order chi connectivity index (χ0) is 14.8. The summed E-state index contributed by atoms with van der Waals surface area (Å²) in [5.74, 6) is 1.69. The lowest BCUT2D eigenvalue weighted by Gasteiger charge is -2.38. The van der Waals surface area contributed by atoms with Gasteiger partial charge in [0.1, 0.15) is 18.0 Å². The molecular formula is C17H20N2O3. The third kappa shape index (κ3) is 2.74. The summed E-state index contributed by atoms with van der Waals surface area (Å²) in [5.41, 5.74) is 0. The second kappa shape index (κ2) is 6.10. The summed E-state index contributed by atoms with van der Waals surface area (Å²) in [6.07, 6.45) is 5.77. The molecule has 0 spiro atoms. The summed E-state index contributed by atoms with van der Waals surface area (Å²) in [7, 11) is 0. The zero-order valence-corrected chi connectivity index (χ0v) is 12.4. The van der Waals surface area contributed by atoms with Crippen molar-refractivity contribution in [1.82, 2.24) is 9.88 Å². The van der Waals surface area contributed by atoms with Gasteiger partial charge in [-0.1, -0.05) is 6.07 Å². The molecule has 1 aliphatic heterocycles. The predicted molar refractivity (Wildman–Crippen MR) is 80.5 cm³/mol. The molecule has 5 heteroatoms. The van der Waals surface area contributed by atoms with Gasteiger partial charge in [-0.3, -0.25) is 4.90 Å². The fraction of sp³-hybridized carbons (Fsp3) is 0.471. The summed E-state index contributed by atoms with van der Waals surface area (Å²) in [4.78, 5) is 6.71. The largest absolute Gasteiger partial charge is 0.472 e. The maximum Gasteiger partial charge on any atom is 0.213 e. The highest BCUT2D eigenvalue weighted by Crippen LogP contribution is 2.33. The third-order valence-corrected chi connectivity index (χ3v) is 4.50. The van der Waals surface area contributed by atoms with Gasteiger partial charge in [0.25, 0.3) is 0 Å². The Hall–Kier alpha value is -1.85. The molecule has 5 nitrogen and oxygen atoms in total. The van der Waals surface area contributed by atoms with E-state index in [0.717, 1.165) is 38.3 Å². The molecule has 3 heterocycles. The Balaban J connectivity index is 1.44. The van der Waals surface area contributed by atoms with Crippen molar-refractivity contribution in [1.29, 1.82) is 0 Å². The molecule has 1 saturated carbocycles. The third-order valence-electron chi connectivity index (χ3n) is 4.50. The Morgan fingerprint density at radius 3 is 3.05 bits per heavy atom. The number of rotatable bonds is 4. The number of fused-ring (bicyclic) bond motifs is 1. The van der Waals surface area contributed by atoms with Crippen LogP contribution in [0.25, 0.3) is 0 Å². The van der Waals surface area contributed by atoms with Crippen LogP contribution in [0, 0.1) is 0 Å². The monoisotopic (exact) mass is 300 g/mol. The van der Waals surface area contributed by atoms with E-state index in [0.29, 0.717) is 11.9 Å². The van der Waals surface area contributed by atoms with Crippen LogP contribution in [-0.2, 0) is 11.3 Å². The van der Waals surface area contributed by atoms with Crippen LogP contribution in [0.4, 0.5) is 0 Å². The highest BCUT2D eigenvalue weighted by atomic mass is 16.5. The summed E-state index contributed by atoms with van der Waals surface area (Å²) < 4.78 is 17.5. The van der Waals surface area contributed by atoms with Gasteiger partial charge >= 0.3 is 0 Å². The minimum Gasteiger partial charge on any atom is -0.472 e. The molecule has 2 fully saturated rings. The summed E-state index contributed by atoms with van der Waals surface area (Å²) in [6, 6.07) is 10.1. The minimum absolute atomic E-state index is 0.0827. The Morgan fingerprint density at radius 1 is 1.23 bits per heavy atom. The second-order valence-corrected chi connectivity index (χ2v) is 5.85. The SMILES string of the molecule is c1ccc(O[C@@H]2CC[C@@H]3[C@@H]2OCCN3Cc2ccco2)nc1. The van der Waals surface area contributed by atoms with Gasteiger partial charge in [0.2, 0.25) is 5.88 Å². The highest BCUT2D eigenvalue weighted by molar-refractivity contribution is 5.11. The number of hydrogen-bond donors (Lipinski definition) is 0. The molecule has 0 radical (unpaired) electrons. The van der Waals surface area contributed by atoms with Crippen LogP contribution in [-0.4, -0.2) is 41.3 Å².